The molecule has 0 spiro atoms. The predicted octanol–water partition coefficient (Wildman–Crippen LogP) is 4.46. The lowest BCUT2D eigenvalue weighted by molar-refractivity contribution is -0.0135. The third-order valence-corrected chi connectivity index (χ3v) is 4.06. The van der Waals surface area contributed by atoms with Crippen molar-refractivity contribution in [1.82, 2.24) is 0 Å². The molecule has 1 aliphatic carbocycles. The molecule has 0 heterocycles. The lowest BCUT2D eigenvalue weighted by Gasteiger charge is -2.30. The molecule has 1 aliphatic rings. The number of rotatable bonds is 8. The van der Waals surface area contributed by atoms with Gasteiger partial charge in [0.2, 0.25) is 0 Å². The SMILES string of the molecule is CCC1CCCCC1OCCCCCCS. The van der Waals surface area contributed by atoms with Crippen LogP contribution in [0.5, 0.6) is 0 Å². The number of hydrogen-bond donors (Lipinski definition) is 1. The lowest BCUT2D eigenvalue weighted by atomic mass is 9.85. The fourth-order valence-corrected chi connectivity index (χ4v) is 2.89. The number of unbranched alkanes of at least 4 members (excludes halogenated alkanes) is 3. The first kappa shape index (κ1) is 14.4. The Morgan fingerprint density at radius 2 is 1.81 bits per heavy atom. The average Bonchev–Trinajstić information content (AvgIpc) is 2.34. The standard InChI is InChI=1S/C14H28OS/c1-2-13-9-5-6-10-14(13)15-11-7-3-4-8-12-16/h13-14,16H,2-12H2,1H3. The molecule has 2 atom stereocenters. The molecular weight excluding hydrogens is 216 g/mol. The first-order chi connectivity index (χ1) is 7.88. The molecule has 2 heteroatoms. The van der Waals surface area contributed by atoms with Crippen LogP contribution < -0.4 is 0 Å². The van der Waals surface area contributed by atoms with E-state index >= 15 is 0 Å². The van der Waals surface area contributed by atoms with Gasteiger partial charge in [-0.25, -0.2) is 0 Å². The van der Waals surface area contributed by atoms with E-state index in [1.54, 1.807) is 0 Å². The summed E-state index contributed by atoms with van der Waals surface area (Å²) >= 11 is 4.22. The molecule has 2 unspecified atom stereocenters. The molecule has 0 aliphatic heterocycles. The summed E-state index contributed by atoms with van der Waals surface area (Å²) in [7, 11) is 0. The third kappa shape index (κ3) is 5.58. The monoisotopic (exact) mass is 244 g/mol. The summed E-state index contributed by atoms with van der Waals surface area (Å²) in [6, 6.07) is 0. The van der Waals surface area contributed by atoms with Crippen molar-refractivity contribution in [2.45, 2.75) is 70.8 Å². The van der Waals surface area contributed by atoms with Gasteiger partial charge < -0.3 is 4.74 Å². The van der Waals surface area contributed by atoms with Gasteiger partial charge in [0.15, 0.2) is 0 Å². The predicted molar refractivity (Wildman–Crippen MR) is 74.3 cm³/mol. The van der Waals surface area contributed by atoms with Gasteiger partial charge >= 0.3 is 0 Å². The molecule has 0 radical (unpaired) electrons. The lowest BCUT2D eigenvalue weighted by Crippen LogP contribution is -2.27. The van der Waals surface area contributed by atoms with E-state index in [-0.39, 0.29) is 0 Å². The maximum atomic E-state index is 6.05. The fourth-order valence-electron chi connectivity index (χ4n) is 2.66. The largest absolute Gasteiger partial charge is 0.378 e. The molecule has 0 aromatic heterocycles. The van der Waals surface area contributed by atoms with Crippen LogP contribution in [0.2, 0.25) is 0 Å². The van der Waals surface area contributed by atoms with Gasteiger partial charge in [0.25, 0.3) is 0 Å². The zero-order valence-corrected chi connectivity index (χ0v) is 11.7. The summed E-state index contributed by atoms with van der Waals surface area (Å²) in [5.41, 5.74) is 0. The van der Waals surface area contributed by atoms with Crippen molar-refractivity contribution in [3.8, 4) is 0 Å². The van der Waals surface area contributed by atoms with E-state index in [1.165, 1.54) is 57.8 Å². The van der Waals surface area contributed by atoms with Gasteiger partial charge in [-0.3, -0.25) is 0 Å². The van der Waals surface area contributed by atoms with E-state index < -0.39 is 0 Å². The van der Waals surface area contributed by atoms with Gasteiger partial charge in [0, 0.05) is 6.61 Å². The number of thiol groups is 1. The highest BCUT2D eigenvalue weighted by molar-refractivity contribution is 7.80. The van der Waals surface area contributed by atoms with E-state index in [2.05, 4.69) is 19.6 Å². The van der Waals surface area contributed by atoms with Crippen LogP contribution in [-0.2, 0) is 4.74 Å². The van der Waals surface area contributed by atoms with Gasteiger partial charge in [-0.2, -0.15) is 12.6 Å². The Balaban J connectivity index is 2.02. The molecule has 96 valence electrons. The minimum absolute atomic E-state index is 0.573. The van der Waals surface area contributed by atoms with Crippen LogP contribution in [-0.4, -0.2) is 18.5 Å². The van der Waals surface area contributed by atoms with Crippen LogP contribution >= 0.6 is 12.6 Å². The Morgan fingerprint density at radius 1 is 1.06 bits per heavy atom. The molecule has 0 bridgehead atoms. The van der Waals surface area contributed by atoms with Crippen molar-refractivity contribution in [1.29, 1.82) is 0 Å². The van der Waals surface area contributed by atoms with E-state index in [1.807, 2.05) is 0 Å². The van der Waals surface area contributed by atoms with Crippen LogP contribution in [0.25, 0.3) is 0 Å². The first-order valence-corrected chi connectivity index (χ1v) is 7.74. The van der Waals surface area contributed by atoms with E-state index in [4.69, 9.17) is 4.74 Å². The van der Waals surface area contributed by atoms with E-state index in [0.717, 1.165) is 18.3 Å². The molecule has 1 fully saturated rings. The molecule has 0 aromatic rings. The van der Waals surface area contributed by atoms with Crippen molar-refractivity contribution in [2.24, 2.45) is 5.92 Å². The molecule has 0 aromatic carbocycles. The minimum atomic E-state index is 0.573. The fraction of sp³-hybridized carbons (Fsp3) is 1.00. The highest BCUT2D eigenvalue weighted by Crippen LogP contribution is 2.29. The smallest absolute Gasteiger partial charge is 0.0603 e. The Kier molecular flexibility index (Phi) is 8.40. The molecule has 0 N–H and O–H groups in total. The average molecular weight is 244 g/mol. The van der Waals surface area contributed by atoms with Crippen molar-refractivity contribution in [3.63, 3.8) is 0 Å². The Labute approximate surface area is 107 Å². The molecule has 0 amide bonds. The second kappa shape index (κ2) is 9.35. The summed E-state index contributed by atoms with van der Waals surface area (Å²) in [5, 5.41) is 0. The van der Waals surface area contributed by atoms with Crippen molar-refractivity contribution < 1.29 is 4.74 Å². The van der Waals surface area contributed by atoms with Crippen LogP contribution in [0.3, 0.4) is 0 Å². The number of hydrogen-bond acceptors (Lipinski definition) is 2. The normalized spacial score (nSPS) is 25.9. The summed E-state index contributed by atoms with van der Waals surface area (Å²) < 4.78 is 6.05. The molecular formula is C14H28OS. The number of ether oxygens (including phenoxy) is 1. The third-order valence-electron chi connectivity index (χ3n) is 3.75. The quantitative estimate of drug-likeness (QED) is 0.490. The highest BCUT2D eigenvalue weighted by atomic mass is 32.1. The maximum absolute atomic E-state index is 6.05. The van der Waals surface area contributed by atoms with Crippen LogP contribution in [0.15, 0.2) is 0 Å². The van der Waals surface area contributed by atoms with Crippen LogP contribution in [0.1, 0.15) is 64.7 Å². The van der Waals surface area contributed by atoms with Gasteiger partial charge in [0.05, 0.1) is 6.10 Å². The Hall–Kier alpha value is 0.310. The molecule has 0 saturated heterocycles. The van der Waals surface area contributed by atoms with E-state index in [0.29, 0.717) is 6.10 Å². The molecule has 1 nitrogen and oxygen atoms in total. The van der Waals surface area contributed by atoms with Gasteiger partial charge in [-0.15, -0.1) is 0 Å². The molecule has 1 saturated carbocycles. The minimum Gasteiger partial charge on any atom is -0.378 e. The van der Waals surface area contributed by atoms with Crippen LogP contribution in [0.4, 0.5) is 0 Å². The van der Waals surface area contributed by atoms with Gasteiger partial charge in [-0.05, 0) is 37.4 Å². The van der Waals surface area contributed by atoms with Crippen molar-refractivity contribution in [3.05, 3.63) is 0 Å². The van der Waals surface area contributed by atoms with Crippen molar-refractivity contribution in [2.75, 3.05) is 12.4 Å². The molecule has 1 rings (SSSR count). The molecule has 16 heavy (non-hydrogen) atoms. The van der Waals surface area contributed by atoms with E-state index in [9.17, 15) is 0 Å². The summed E-state index contributed by atoms with van der Waals surface area (Å²) in [4.78, 5) is 0. The zero-order chi connectivity index (χ0) is 11.6. The summed E-state index contributed by atoms with van der Waals surface area (Å²) in [6.07, 6.45) is 12.5. The van der Waals surface area contributed by atoms with Gasteiger partial charge in [-0.1, -0.05) is 39.0 Å². The summed E-state index contributed by atoms with van der Waals surface area (Å²) in [6.45, 7) is 3.28. The first-order valence-electron chi connectivity index (χ1n) is 7.11. The second-order valence-corrected chi connectivity index (χ2v) is 5.45. The van der Waals surface area contributed by atoms with Gasteiger partial charge in [0.1, 0.15) is 0 Å². The Morgan fingerprint density at radius 3 is 2.56 bits per heavy atom. The maximum Gasteiger partial charge on any atom is 0.0603 e. The topological polar surface area (TPSA) is 9.23 Å². The second-order valence-electron chi connectivity index (χ2n) is 5.00. The Bertz CT molecular complexity index is 161. The van der Waals surface area contributed by atoms with Crippen molar-refractivity contribution >= 4 is 12.6 Å². The highest BCUT2D eigenvalue weighted by Gasteiger charge is 2.23. The zero-order valence-electron chi connectivity index (χ0n) is 10.8. The van der Waals surface area contributed by atoms with Crippen LogP contribution in [0, 0.1) is 5.92 Å². The summed E-state index contributed by atoms with van der Waals surface area (Å²) in [5.74, 6) is 1.87.